The van der Waals surface area contributed by atoms with E-state index >= 15 is 0 Å². The number of anilines is 2. The van der Waals surface area contributed by atoms with E-state index in [1.165, 1.54) is 0 Å². The maximum Gasteiger partial charge on any atom is 0.225 e. The van der Waals surface area contributed by atoms with Gasteiger partial charge in [0.15, 0.2) is 11.6 Å². The highest BCUT2D eigenvalue weighted by atomic mass is 16.2. The number of aromatic nitrogens is 4. The van der Waals surface area contributed by atoms with Crippen molar-refractivity contribution < 1.29 is 9.59 Å². The molecule has 8 heteroatoms. The molecule has 3 aliphatic carbocycles. The summed E-state index contributed by atoms with van der Waals surface area (Å²) in [6.07, 6.45) is 9.97. The van der Waals surface area contributed by atoms with Gasteiger partial charge in [-0.25, -0.2) is 0 Å². The summed E-state index contributed by atoms with van der Waals surface area (Å²) in [5.74, 6) is 2.84. The zero-order valence-electron chi connectivity index (χ0n) is 18.3. The molecule has 0 unspecified atom stereocenters. The molecule has 0 aliphatic heterocycles. The Labute approximate surface area is 188 Å². The van der Waals surface area contributed by atoms with Gasteiger partial charge in [0.1, 0.15) is 0 Å². The van der Waals surface area contributed by atoms with Gasteiger partial charge in [-0.3, -0.25) is 9.59 Å². The number of carbonyl (C=O) groups excluding carboxylic acids is 2. The predicted octanol–water partition coefficient (Wildman–Crippen LogP) is 4.19. The lowest BCUT2D eigenvalue weighted by atomic mass is 9.78. The standard InChI is InChI=1S/C24H30N6O2/c31-23(12-15-4-5-15)25-21-10-8-19(27-29-21)17-2-1-3-18(14-17)20-9-11-22(30-28-20)26-24(32)13-16-6-7-16/h8-11,15-18H,1-7,12-14H2,(H,25,29,31)(H,26,30,32)/t17-,18-/m0/s1. The van der Waals surface area contributed by atoms with Crippen LogP contribution in [0.4, 0.5) is 11.6 Å². The molecule has 0 saturated heterocycles. The number of carbonyl (C=O) groups is 2. The zero-order chi connectivity index (χ0) is 21.9. The van der Waals surface area contributed by atoms with Crippen LogP contribution in [0.5, 0.6) is 0 Å². The summed E-state index contributed by atoms with van der Waals surface area (Å²) in [5.41, 5.74) is 1.93. The Morgan fingerprint density at radius 1 is 0.688 bits per heavy atom. The van der Waals surface area contributed by atoms with Crippen LogP contribution in [0.15, 0.2) is 24.3 Å². The van der Waals surface area contributed by atoms with Gasteiger partial charge in [-0.05, 0) is 81.0 Å². The molecule has 2 amide bonds. The fourth-order valence-electron chi connectivity index (χ4n) is 4.54. The SMILES string of the molecule is O=C(CC1CC1)Nc1ccc([C@H]2CCC[C@H](c3ccc(NC(=O)CC4CC4)nn3)C2)nn1. The average molecular weight is 435 g/mol. The molecule has 2 atom stereocenters. The normalized spacial score (nSPS) is 22.9. The van der Waals surface area contributed by atoms with Crippen LogP contribution < -0.4 is 10.6 Å². The monoisotopic (exact) mass is 434 g/mol. The van der Waals surface area contributed by atoms with Crippen LogP contribution in [0.2, 0.25) is 0 Å². The molecular formula is C24H30N6O2. The summed E-state index contributed by atoms with van der Waals surface area (Å²) < 4.78 is 0. The van der Waals surface area contributed by atoms with Gasteiger partial charge in [0.2, 0.25) is 11.8 Å². The number of nitrogens with one attached hydrogen (secondary N) is 2. The lowest BCUT2D eigenvalue weighted by molar-refractivity contribution is -0.117. The maximum absolute atomic E-state index is 12.0. The number of rotatable bonds is 8. The van der Waals surface area contributed by atoms with Gasteiger partial charge in [0.05, 0.1) is 11.4 Å². The molecular weight excluding hydrogens is 404 g/mol. The summed E-state index contributed by atoms with van der Waals surface area (Å²) in [6.45, 7) is 0. The molecule has 0 aromatic carbocycles. The first-order valence-electron chi connectivity index (χ1n) is 11.9. The molecule has 168 valence electrons. The number of nitrogens with zero attached hydrogens (tertiary/aromatic N) is 4. The molecule has 0 radical (unpaired) electrons. The summed E-state index contributed by atoms with van der Waals surface area (Å²) in [6, 6.07) is 7.68. The first-order chi connectivity index (χ1) is 15.6. The van der Waals surface area contributed by atoms with Crippen molar-refractivity contribution >= 4 is 23.5 Å². The molecule has 2 N–H and O–H groups in total. The highest BCUT2D eigenvalue weighted by Gasteiger charge is 2.28. The minimum atomic E-state index is 0.0260. The quantitative estimate of drug-likeness (QED) is 0.645. The predicted molar refractivity (Wildman–Crippen MR) is 120 cm³/mol. The van der Waals surface area contributed by atoms with Crippen LogP contribution in [0.1, 0.15) is 87.4 Å². The van der Waals surface area contributed by atoms with Crippen molar-refractivity contribution in [2.24, 2.45) is 11.8 Å². The van der Waals surface area contributed by atoms with Crippen molar-refractivity contribution in [3.8, 4) is 0 Å². The molecule has 0 spiro atoms. The Hall–Kier alpha value is -2.90. The van der Waals surface area contributed by atoms with E-state index in [9.17, 15) is 9.59 Å². The second kappa shape index (κ2) is 9.30. The van der Waals surface area contributed by atoms with Gasteiger partial charge in [0.25, 0.3) is 0 Å². The minimum Gasteiger partial charge on any atom is -0.309 e. The van der Waals surface area contributed by atoms with E-state index in [1.807, 2.05) is 24.3 Å². The van der Waals surface area contributed by atoms with E-state index in [0.717, 1.165) is 62.8 Å². The highest BCUT2D eigenvalue weighted by molar-refractivity contribution is 5.90. The topological polar surface area (TPSA) is 110 Å². The van der Waals surface area contributed by atoms with Gasteiger partial charge in [-0.1, -0.05) is 6.42 Å². The molecule has 2 aromatic heterocycles. The molecule has 3 fully saturated rings. The van der Waals surface area contributed by atoms with E-state index in [0.29, 0.717) is 48.1 Å². The molecule has 32 heavy (non-hydrogen) atoms. The minimum absolute atomic E-state index is 0.0260. The van der Waals surface area contributed by atoms with Crippen LogP contribution in [0.3, 0.4) is 0 Å². The highest BCUT2D eigenvalue weighted by Crippen LogP contribution is 2.40. The molecule has 5 rings (SSSR count). The molecule has 3 saturated carbocycles. The van der Waals surface area contributed by atoms with E-state index < -0.39 is 0 Å². The molecule has 3 aliphatic rings. The molecule has 0 bridgehead atoms. The lowest BCUT2D eigenvalue weighted by Gasteiger charge is -2.28. The van der Waals surface area contributed by atoms with Crippen molar-refractivity contribution in [3.63, 3.8) is 0 Å². The van der Waals surface area contributed by atoms with Crippen molar-refractivity contribution in [1.29, 1.82) is 0 Å². The molecule has 2 aromatic rings. The number of amides is 2. The lowest BCUT2D eigenvalue weighted by Crippen LogP contribution is -2.18. The Morgan fingerprint density at radius 3 is 1.53 bits per heavy atom. The van der Waals surface area contributed by atoms with Crippen molar-refractivity contribution in [1.82, 2.24) is 20.4 Å². The third kappa shape index (κ3) is 5.66. The van der Waals surface area contributed by atoms with E-state index in [1.54, 1.807) is 0 Å². The second-order valence-corrected chi connectivity index (χ2v) is 9.64. The third-order valence-corrected chi connectivity index (χ3v) is 6.76. The van der Waals surface area contributed by atoms with Gasteiger partial charge in [-0.15, -0.1) is 10.2 Å². The van der Waals surface area contributed by atoms with Crippen LogP contribution in [-0.4, -0.2) is 32.2 Å². The van der Waals surface area contributed by atoms with Crippen molar-refractivity contribution in [3.05, 3.63) is 35.7 Å². The Kier molecular flexibility index (Phi) is 6.10. The van der Waals surface area contributed by atoms with Crippen molar-refractivity contribution in [2.45, 2.75) is 76.0 Å². The summed E-state index contributed by atoms with van der Waals surface area (Å²) >= 11 is 0. The van der Waals surface area contributed by atoms with Gasteiger partial charge < -0.3 is 10.6 Å². The zero-order valence-corrected chi connectivity index (χ0v) is 18.3. The van der Waals surface area contributed by atoms with Crippen molar-refractivity contribution in [2.75, 3.05) is 10.6 Å². The first-order valence-corrected chi connectivity index (χ1v) is 11.9. The summed E-state index contributed by atoms with van der Waals surface area (Å²) in [7, 11) is 0. The van der Waals surface area contributed by atoms with E-state index in [4.69, 9.17) is 0 Å². The van der Waals surface area contributed by atoms with Crippen LogP contribution in [0.25, 0.3) is 0 Å². The molecule has 8 nitrogen and oxygen atoms in total. The number of hydrogen-bond donors (Lipinski definition) is 2. The summed E-state index contributed by atoms with van der Waals surface area (Å²) in [4.78, 5) is 23.9. The molecule has 2 heterocycles. The maximum atomic E-state index is 12.0. The smallest absolute Gasteiger partial charge is 0.225 e. The Bertz CT molecular complexity index is 876. The summed E-state index contributed by atoms with van der Waals surface area (Å²) in [5, 5.41) is 23.0. The van der Waals surface area contributed by atoms with E-state index in [-0.39, 0.29) is 11.8 Å². The fraction of sp³-hybridized carbons (Fsp3) is 0.583. The number of hydrogen-bond acceptors (Lipinski definition) is 6. The third-order valence-electron chi connectivity index (χ3n) is 6.76. The van der Waals surface area contributed by atoms with E-state index in [2.05, 4.69) is 31.0 Å². The average Bonchev–Trinajstić information content (AvgIpc) is 3.73. The van der Waals surface area contributed by atoms with Crippen LogP contribution in [0, 0.1) is 11.8 Å². The Morgan fingerprint density at radius 2 is 1.16 bits per heavy atom. The van der Waals surface area contributed by atoms with Crippen LogP contribution >= 0.6 is 0 Å². The van der Waals surface area contributed by atoms with Gasteiger partial charge >= 0.3 is 0 Å². The first kappa shape index (κ1) is 21.0. The Balaban J connectivity index is 1.15. The van der Waals surface area contributed by atoms with Gasteiger partial charge in [0, 0.05) is 24.7 Å². The fourth-order valence-corrected chi connectivity index (χ4v) is 4.54. The van der Waals surface area contributed by atoms with Gasteiger partial charge in [-0.2, -0.15) is 10.2 Å². The largest absolute Gasteiger partial charge is 0.309 e. The second-order valence-electron chi connectivity index (χ2n) is 9.64. The van der Waals surface area contributed by atoms with Crippen LogP contribution in [-0.2, 0) is 9.59 Å².